The van der Waals surface area contributed by atoms with Crippen molar-refractivity contribution in [3.05, 3.63) is 40.5 Å². The fraction of sp³-hybridized carbons (Fsp3) is 0.200. The van der Waals surface area contributed by atoms with Crippen LogP contribution in [0, 0.1) is 10.1 Å². The summed E-state index contributed by atoms with van der Waals surface area (Å²) in [5.74, 6) is 0.359. The number of ether oxygens (including phenoxy) is 1. The van der Waals surface area contributed by atoms with Crippen LogP contribution in [0.25, 0.3) is 5.57 Å². The van der Waals surface area contributed by atoms with Crippen molar-refractivity contribution >= 4 is 22.9 Å². The van der Waals surface area contributed by atoms with E-state index in [0.29, 0.717) is 11.1 Å². The van der Waals surface area contributed by atoms with Crippen LogP contribution in [0.15, 0.2) is 24.8 Å². The molecular formula is C10H10ClNO3. The number of nitrogens with zero attached hydrogens (tertiary/aromatic N) is 1. The molecule has 0 radical (unpaired) electrons. The predicted octanol–water partition coefficient (Wildman–Crippen LogP) is 2.86. The number of halogens is 1. The summed E-state index contributed by atoms with van der Waals surface area (Å²) in [5, 5.41) is 10.9. The summed E-state index contributed by atoms with van der Waals surface area (Å²) >= 11 is 5.60. The van der Waals surface area contributed by atoms with Gasteiger partial charge in [-0.2, -0.15) is 0 Å². The molecule has 0 heterocycles. The smallest absolute Gasteiger partial charge is 0.318 e. The summed E-state index contributed by atoms with van der Waals surface area (Å²) in [7, 11) is 1.38. The van der Waals surface area contributed by atoms with Crippen LogP contribution < -0.4 is 4.74 Å². The zero-order valence-corrected chi connectivity index (χ0v) is 8.95. The lowest BCUT2D eigenvalue weighted by molar-refractivity contribution is -0.386. The van der Waals surface area contributed by atoms with Crippen molar-refractivity contribution in [3.63, 3.8) is 0 Å². The van der Waals surface area contributed by atoms with Gasteiger partial charge in [0.15, 0.2) is 5.75 Å². The number of hydrogen-bond donors (Lipinski definition) is 0. The highest BCUT2D eigenvalue weighted by Crippen LogP contribution is 2.34. The summed E-state index contributed by atoms with van der Waals surface area (Å²) < 4.78 is 4.92. The Balaban J connectivity index is 3.38. The number of methoxy groups -OCH3 is 1. The zero-order chi connectivity index (χ0) is 11.4. The first-order valence-electron chi connectivity index (χ1n) is 4.17. The molecule has 0 saturated carbocycles. The Hall–Kier alpha value is -1.55. The maximum atomic E-state index is 10.9. The Bertz CT molecular complexity index is 404. The first-order chi connectivity index (χ1) is 7.11. The number of hydrogen-bond acceptors (Lipinski definition) is 3. The quantitative estimate of drug-likeness (QED) is 0.452. The third kappa shape index (κ3) is 2.27. The van der Waals surface area contributed by atoms with Gasteiger partial charge in [-0.05, 0) is 17.7 Å². The summed E-state index contributed by atoms with van der Waals surface area (Å²) in [6.07, 6.45) is 0. The van der Waals surface area contributed by atoms with Crippen LogP contribution in [0.5, 0.6) is 5.75 Å². The normalized spacial score (nSPS) is 9.73. The number of nitro benzene ring substituents is 1. The van der Waals surface area contributed by atoms with Crippen LogP contribution in [-0.2, 0) is 0 Å². The molecule has 0 atom stereocenters. The van der Waals surface area contributed by atoms with Gasteiger partial charge in [-0.15, -0.1) is 11.6 Å². The maximum Gasteiger partial charge on any atom is 0.318 e. The second kappa shape index (κ2) is 4.79. The average Bonchev–Trinajstić information content (AvgIpc) is 2.26. The Kier molecular flexibility index (Phi) is 3.68. The van der Waals surface area contributed by atoms with E-state index in [0.717, 1.165) is 0 Å². The predicted molar refractivity (Wildman–Crippen MR) is 59.4 cm³/mol. The third-order valence-corrected chi connectivity index (χ3v) is 2.27. The highest BCUT2D eigenvalue weighted by molar-refractivity contribution is 6.23. The fourth-order valence-corrected chi connectivity index (χ4v) is 1.38. The van der Waals surface area contributed by atoms with E-state index >= 15 is 0 Å². The largest absolute Gasteiger partial charge is 0.490 e. The summed E-state index contributed by atoms with van der Waals surface area (Å²) in [6, 6.07) is 4.80. The van der Waals surface area contributed by atoms with E-state index in [9.17, 15) is 10.1 Å². The highest BCUT2D eigenvalue weighted by atomic mass is 35.5. The molecule has 15 heavy (non-hydrogen) atoms. The van der Waals surface area contributed by atoms with Gasteiger partial charge in [-0.1, -0.05) is 12.6 Å². The molecule has 0 N–H and O–H groups in total. The molecule has 0 aliphatic carbocycles. The lowest BCUT2D eigenvalue weighted by atomic mass is 10.1. The molecule has 0 unspecified atom stereocenters. The van der Waals surface area contributed by atoms with Crippen LogP contribution in [0.4, 0.5) is 5.69 Å². The molecule has 1 aromatic rings. The molecule has 4 nitrogen and oxygen atoms in total. The van der Waals surface area contributed by atoms with Crippen molar-refractivity contribution in [2.75, 3.05) is 13.0 Å². The van der Waals surface area contributed by atoms with Gasteiger partial charge in [0.25, 0.3) is 0 Å². The van der Waals surface area contributed by atoms with Gasteiger partial charge < -0.3 is 4.74 Å². The van der Waals surface area contributed by atoms with E-state index in [-0.39, 0.29) is 17.3 Å². The minimum absolute atomic E-state index is 0.0920. The molecule has 0 bridgehead atoms. The standard InChI is InChI=1S/C10H10ClNO3/c1-7(6-11)8-4-3-5-9(15-2)10(8)12(13)14/h3-5H,1,6H2,2H3. The molecular weight excluding hydrogens is 218 g/mol. The Morgan fingerprint density at radius 2 is 2.33 bits per heavy atom. The van der Waals surface area contributed by atoms with Gasteiger partial charge in [0, 0.05) is 5.88 Å². The van der Waals surface area contributed by atoms with Gasteiger partial charge >= 0.3 is 5.69 Å². The Morgan fingerprint density at radius 1 is 1.67 bits per heavy atom. The molecule has 0 fully saturated rings. The SMILES string of the molecule is C=C(CCl)c1cccc(OC)c1[N+](=O)[O-]. The third-order valence-electron chi connectivity index (χ3n) is 1.94. The molecule has 0 saturated heterocycles. The topological polar surface area (TPSA) is 52.4 Å². The number of allylic oxidation sites excluding steroid dienone is 1. The number of rotatable bonds is 4. The Morgan fingerprint density at radius 3 is 2.80 bits per heavy atom. The summed E-state index contributed by atoms with van der Waals surface area (Å²) in [6.45, 7) is 3.67. The molecule has 1 aromatic carbocycles. The minimum Gasteiger partial charge on any atom is -0.490 e. The molecule has 5 heteroatoms. The summed E-state index contributed by atoms with van der Waals surface area (Å²) in [4.78, 5) is 10.4. The molecule has 0 amide bonds. The average molecular weight is 228 g/mol. The molecule has 0 aliphatic heterocycles. The molecule has 0 aliphatic rings. The van der Waals surface area contributed by atoms with Crippen LogP contribution in [0.1, 0.15) is 5.56 Å². The molecule has 1 rings (SSSR count). The number of alkyl halides is 1. The Labute approximate surface area is 92.3 Å². The number of para-hydroxylation sites is 1. The second-order valence-electron chi connectivity index (χ2n) is 2.85. The zero-order valence-electron chi connectivity index (χ0n) is 8.20. The molecule has 0 spiro atoms. The maximum absolute atomic E-state index is 10.9. The van der Waals surface area contributed by atoms with E-state index in [2.05, 4.69) is 6.58 Å². The van der Waals surface area contributed by atoms with Gasteiger partial charge in [0.1, 0.15) is 0 Å². The molecule has 0 aromatic heterocycles. The monoisotopic (exact) mass is 227 g/mol. The van der Waals surface area contributed by atoms with Crippen molar-refractivity contribution in [3.8, 4) is 5.75 Å². The van der Waals surface area contributed by atoms with Gasteiger partial charge in [0.05, 0.1) is 17.6 Å². The van der Waals surface area contributed by atoms with Gasteiger partial charge in [-0.3, -0.25) is 10.1 Å². The van der Waals surface area contributed by atoms with Crippen molar-refractivity contribution < 1.29 is 9.66 Å². The van der Waals surface area contributed by atoms with Crippen molar-refractivity contribution in [2.24, 2.45) is 0 Å². The van der Waals surface area contributed by atoms with E-state index in [4.69, 9.17) is 16.3 Å². The van der Waals surface area contributed by atoms with Gasteiger partial charge in [-0.25, -0.2) is 0 Å². The summed E-state index contributed by atoms with van der Waals surface area (Å²) in [5.41, 5.74) is 0.822. The second-order valence-corrected chi connectivity index (χ2v) is 3.12. The van der Waals surface area contributed by atoms with Crippen LogP contribution in [-0.4, -0.2) is 17.9 Å². The van der Waals surface area contributed by atoms with E-state index in [1.165, 1.54) is 13.2 Å². The van der Waals surface area contributed by atoms with E-state index in [1.54, 1.807) is 12.1 Å². The van der Waals surface area contributed by atoms with E-state index in [1.807, 2.05) is 0 Å². The van der Waals surface area contributed by atoms with Crippen LogP contribution in [0.3, 0.4) is 0 Å². The van der Waals surface area contributed by atoms with Crippen molar-refractivity contribution in [1.82, 2.24) is 0 Å². The highest BCUT2D eigenvalue weighted by Gasteiger charge is 2.21. The van der Waals surface area contributed by atoms with Gasteiger partial charge in [0.2, 0.25) is 0 Å². The lowest BCUT2D eigenvalue weighted by Crippen LogP contribution is -1.98. The van der Waals surface area contributed by atoms with Crippen molar-refractivity contribution in [1.29, 1.82) is 0 Å². The number of benzene rings is 1. The fourth-order valence-electron chi connectivity index (χ4n) is 1.23. The van der Waals surface area contributed by atoms with Crippen LogP contribution in [0.2, 0.25) is 0 Å². The van der Waals surface area contributed by atoms with Crippen LogP contribution >= 0.6 is 11.6 Å². The lowest BCUT2D eigenvalue weighted by Gasteiger charge is -2.06. The number of nitro groups is 1. The molecule has 80 valence electrons. The van der Waals surface area contributed by atoms with E-state index < -0.39 is 4.92 Å². The minimum atomic E-state index is -0.494. The van der Waals surface area contributed by atoms with Crippen molar-refractivity contribution in [2.45, 2.75) is 0 Å². The first kappa shape index (κ1) is 11.5. The first-order valence-corrected chi connectivity index (χ1v) is 4.70.